The number of carbonyl (C=O) groups excluding carboxylic acids is 1. The number of nitrogens with zero attached hydrogens (tertiary/aromatic N) is 3. The Morgan fingerprint density at radius 3 is 2.83 bits per heavy atom. The van der Waals surface area contributed by atoms with Crippen molar-refractivity contribution >= 4 is 11.6 Å². The number of pyridine rings is 1. The van der Waals surface area contributed by atoms with Gasteiger partial charge in [-0.2, -0.15) is 0 Å². The van der Waals surface area contributed by atoms with Gasteiger partial charge in [0.15, 0.2) is 0 Å². The number of hydrogen-bond acceptors (Lipinski definition) is 4. The predicted molar refractivity (Wildman–Crippen MR) is 90.2 cm³/mol. The monoisotopic (exact) mass is 319 g/mol. The van der Waals surface area contributed by atoms with Crippen LogP contribution in [0, 0.1) is 6.92 Å². The van der Waals surface area contributed by atoms with Gasteiger partial charge in [-0.1, -0.05) is 18.2 Å². The highest BCUT2D eigenvalue weighted by Crippen LogP contribution is 2.34. The van der Waals surface area contributed by atoms with E-state index in [1.807, 2.05) is 43.3 Å². The standard InChI is InChI=1S/C18H17N5O/c1-12-16(21-11-20-12)17-22-15-7-3-2-6-14(15)18(24)23(17)10-13-5-4-8-19-9-13/h2-9,11,17,22H,10H2,1H3,(H,20,21). The number of nitrogens with one attached hydrogen (secondary N) is 2. The fraction of sp³-hybridized carbons (Fsp3) is 0.167. The molecule has 2 N–H and O–H groups in total. The number of benzene rings is 1. The topological polar surface area (TPSA) is 73.9 Å². The first kappa shape index (κ1) is 14.4. The summed E-state index contributed by atoms with van der Waals surface area (Å²) in [5.41, 5.74) is 4.24. The summed E-state index contributed by atoms with van der Waals surface area (Å²) in [4.78, 5) is 26.5. The third kappa shape index (κ3) is 2.42. The molecule has 6 nitrogen and oxygen atoms in total. The lowest BCUT2D eigenvalue weighted by molar-refractivity contribution is 0.0662. The summed E-state index contributed by atoms with van der Waals surface area (Å²) in [7, 11) is 0. The summed E-state index contributed by atoms with van der Waals surface area (Å²) in [6.07, 6.45) is 4.84. The van der Waals surface area contributed by atoms with Gasteiger partial charge in [-0.15, -0.1) is 0 Å². The number of H-pyrrole nitrogens is 1. The van der Waals surface area contributed by atoms with Crippen molar-refractivity contribution in [2.24, 2.45) is 0 Å². The van der Waals surface area contributed by atoms with Crippen molar-refractivity contribution in [1.29, 1.82) is 0 Å². The van der Waals surface area contributed by atoms with Crippen LogP contribution in [0.4, 0.5) is 5.69 Å². The highest BCUT2D eigenvalue weighted by molar-refractivity contribution is 6.01. The molecule has 3 aromatic rings. The van der Waals surface area contributed by atoms with E-state index in [0.717, 1.165) is 22.6 Å². The minimum atomic E-state index is -0.321. The highest BCUT2D eigenvalue weighted by Gasteiger charge is 2.34. The molecule has 0 spiro atoms. The molecule has 0 aliphatic carbocycles. The van der Waals surface area contributed by atoms with E-state index in [-0.39, 0.29) is 12.1 Å². The lowest BCUT2D eigenvalue weighted by atomic mass is 10.0. The normalized spacial score (nSPS) is 16.6. The number of anilines is 1. The summed E-state index contributed by atoms with van der Waals surface area (Å²) >= 11 is 0. The third-order valence-corrected chi connectivity index (χ3v) is 4.23. The second kappa shape index (κ2) is 5.81. The van der Waals surface area contributed by atoms with Crippen LogP contribution < -0.4 is 5.32 Å². The molecule has 1 atom stereocenters. The van der Waals surface area contributed by atoms with Crippen molar-refractivity contribution < 1.29 is 4.79 Å². The van der Waals surface area contributed by atoms with Crippen LogP contribution in [-0.2, 0) is 6.54 Å². The SMILES string of the molecule is Cc1[nH]cnc1C1Nc2ccccc2C(=O)N1Cc1cccnc1. The number of hydrogen-bond donors (Lipinski definition) is 2. The van der Waals surface area contributed by atoms with E-state index >= 15 is 0 Å². The molecule has 6 heteroatoms. The molecule has 1 unspecified atom stereocenters. The molecular weight excluding hydrogens is 302 g/mol. The number of rotatable bonds is 3. The zero-order chi connectivity index (χ0) is 16.5. The van der Waals surface area contributed by atoms with E-state index in [2.05, 4.69) is 20.3 Å². The summed E-state index contributed by atoms with van der Waals surface area (Å²) in [6, 6.07) is 11.4. The van der Waals surface area contributed by atoms with Crippen LogP contribution in [0.25, 0.3) is 0 Å². The Morgan fingerprint density at radius 1 is 1.21 bits per heavy atom. The van der Waals surface area contributed by atoms with Crippen molar-refractivity contribution in [2.75, 3.05) is 5.32 Å². The van der Waals surface area contributed by atoms with E-state index in [1.165, 1.54) is 0 Å². The molecule has 0 saturated heterocycles. The van der Waals surface area contributed by atoms with E-state index < -0.39 is 0 Å². The van der Waals surface area contributed by atoms with Crippen LogP contribution in [0.2, 0.25) is 0 Å². The van der Waals surface area contributed by atoms with Crippen molar-refractivity contribution in [2.45, 2.75) is 19.6 Å². The second-order valence-corrected chi connectivity index (χ2v) is 5.80. The summed E-state index contributed by atoms with van der Waals surface area (Å²) in [5, 5.41) is 3.44. The number of imidazole rings is 1. The summed E-state index contributed by atoms with van der Waals surface area (Å²) < 4.78 is 0. The van der Waals surface area contributed by atoms with Gasteiger partial charge >= 0.3 is 0 Å². The first-order valence-corrected chi connectivity index (χ1v) is 7.79. The molecule has 3 heterocycles. The molecule has 1 amide bonds. The van der Waals surface area contributed by atoms with Crippen molar-refractivity contribution in [3.8, 4) is 0 Å². The van der Waals surface area contributed by atoms with Crippen LogP contribution in [0.1, 0.15) is 33.5 Å². The Balaban J connectivity index is 1.77. The Labute approximate surface area is 139 Å². The van der Waals surface area contributed by atoms with Gasteiger partial charge in [-0.3, -0.25) is 9.78 Å². The fourth-order valence-corrected chi connectivity index (χ4v) is 3.01. The molecule has 0 fully saturated rings. The Bertz CT molecular complexity index is 874. The van der Waals surface area contributed by atoms with Crippen molar-refractivity contribution in [3.63, 3.8) is 0 Å². The zero-order valence-corrected chi connectivity index (χ0v) is 13.2. The molecule has 2 aromatic heterocycles. The number of aromatic amines is 1. The largest absolute Gasteiger partial charge is 0.359 e. The van der Waals surface area contributed by atoms with Gasteiger partial charge in [-0.25, -0.2) is 4.98 Å². The molecular formula is C18H17N5O. The Hall–Kier alpha value is -3.15. The zero-order valence-electron chi connectivity index (χ0n) is 13.2. The van der Waals surface area contributed by atoms with Crippen LogP contribution in [0.15, 0.2) is 55.1 Å². The van der Waals surface area contributed by atoms with Gasteiger partial charge in [0.25, 0.3) is 5.91 Å². The third-order valence-electron chi connectivity index (χ3n) is 4.23. The average Bonchev–Trinajstić information content (AvgIpc) is 3.04. The van der Waals surface area contributed by atoms with E-state index in [9.17, 15) is 4.79 Å². The van der Waals surface area contributed by atoms with Gasteiger partial charge in [0.05, 0.1) is 11.9 Å². The van der Waals surface area contributed by atoms with E-state index in [1.54, 1.807) is 23.6 Å². The quantitative estimate of drug-likeness (QED) is 0.778. The highest BCUT2D eigenvalue weighted by atomic mass is 16.2. The number of aromatic nitrogens is 3. The van der Waals surface area contributed by atoms with Crippen LogP contribution >= 0.6 is 0 Å². The van der Waals surface area contributed by atoms with Gasteiger partial charge in [0, 0.05) is 30.3 Å². The van der Waals surface area contributed by atoms with Crippen molar-refractivity contribution in [1.82, 2.24) is 19.9 Å². The molecule has 0 bridgehead atoms. The Morgan fingerprint density at radius 2 is 2.08 bits per heavy atom. The van der Waals surface area contributed by atoms with Gasteiger partial charge in [-0.05, 0) is 30.7 Å². The van der Waals surface area contributed by atoms with Gasteiger partial charge in [0.1, 0.15) is 11.9 Å². The van der Waals surface area contributed by atoms with Crippen molar-refractivity contribution in [3.05, 3.63) is 77.6 Å². The first-order chi connectivity index (χ1) is 11.7. The number of aryl methyl sites for hydroxylation is 1. The maximum absolute atomic E-state index is 13.1. The first-order valence-electron chi connectivity index (χ1n) is 7.79. The molecule has 4 rings (SSSR count). The smallest absolute Gasteiger partial charge is 0.258 e. The average molecular weight is 319 g/mol. The van der Waals surface area contributed by atoms with Gasteiger partial charge in [0.2, 0.25) is 0 Å². The molecule has 1 aromatic carbocycles. The lowest BCUT2D eigenvalue weighted by Gasteiger charge is -2.37. The maximum Gasteiger partial charge on any atom is 0.258 e. The van der Waals surface area contributed by atoms with Crippen LogP contribution in [0.3, 0.4) is 0 Å². The molecule has 0 radical (unpaired) electrons. The van der Waals surface area contributed by atoms with E-state index in [4.69, 9.17) is 0 Å². The Kier molecular flexibility index (Phi) is 3.49. The minimum absolute atomic E-state index is 0.0133. The fourth-order valence-electron chi connectivity index (χ4n) is 3.01. The lowest BCUT2D eigenvalue weighted by Crippen LogP contribution is -2.42. The number of carbonyl (C=O) groups is 1. The summed E-state index contributed by atoms with van der Waals surface area (Å²) in [5.74, 6) is -0.0133. The molecule has 1 aliphatic rings. The van der Waals surface area contributed by atoms with Gasteiger partial charge < -0.3 is 15.2 Å². The van der Waals surface area contributed by atoms with Crippen LogP contribution in [-0.4, -0.2) is 25.8 Å². The number of fused-ring (bicyclic) bond motifs is 1. The number of amides is 1. The van der Waals surface area contributed by atoms with Crippen LogP contribution in [0.5, 0.6) is 0 Å². The summed E-state index contributed by atoms with van der Waals surface area (Å²) in [6.45, 7) is 2.42. The molecule has 0 saturated carbocycles. The molecule has 24 heavy (non-hydrogen) atoms. The minimum Gasteiger partial charge on any atom is -0.359 e. The maximum atomic E-state index is 13.1. The van der Waals surface area contributed by atoms with E-state index in [0.29, 0.717) is 12.1 Å². The molecule has 120 valence electrons. The second-order valence-electron chi connectivity index (χ2n) is 5.80. The number of para-hydroxylation sites is 1. The molecule has 1 aliphatic heterocycles. The predicted octanol–water partition coefficient (Wildman–Crippen LogP) is 2.88.